The van der Waals surface area contributed by atoms with Gasteiger partial charge in [-0.25, -0.2) is 0 Å². The van der Waals surface area contributed by atoms with Gasteiger partial charge in [-0.1, -0.05) is 6.07 Å². The second-order valence-corrected chi connectivity index (χ2v) is 5.36. The molecule has 0 bridgehead atoms. The summed E-state index contributed by atoms with van der Waals surface area (Å²) >= 11 is 0. The van der Waals surface area contributed by atoms with Gasteiger partial charge in [0.05, 0.1) is 5.69 Å². The lowest BCUT2D eigenvalue weighted by molar-refractivity contribution is 0.100. The van der Waals surface area contributed by atoms with Crippen molar-refractivity contribution in [1.29, 1.82) is 5.26 Å². The van der Waals surface area contributed by atoms with Crippen LogP contribution in [0.4, 0.5) is 11.4 Å². The molecule has 3 N–H and O–H groups in total. The average Bonchev–Trinajstić information content (AvgIpc) is 2.55. The smallest absolute Gasteiger partial charge is 0.300 e. The summed E-state index contributed by atoms with van der Waals surface area (Å²) in [5.74, 6) is -1.08. The molecule has 0 saturated carbocycles. The van der Waals surface area contributed by atoms with E-state index >= 15 is 0 Å². The van der Waals surface area contributed by atoms with E-state index in [0.29, 0.717) is 5.69 Å². The zero-order valence-corrected chi connectivity index (χ0v) is 13.9. The largest absolute Gasteiger partial charge is 0.492 e. The summed E-state index contributed by atoms with van der Waals surface area (Å²) in [5, 5.41) is 28.5. The molecule has 0 spiro atoms. The second-order valence-electron chi connectivity index (χ2n) is 5.36. The maximum absolute atomic E-state index is 12.5. The third-order valence-electron chi connectivity index (χ3n) is 3.46. The molecule has 0 aliphatic heterocycles. The van der Waals surface area contributed by atoms with Gasteiger partial charge in [0.25, 0.3) is 5.56 Å². The summed E-state index contributed by atoms with van der Waals surface area (Å²) in [7, 11) is 3.07. The summed E-state index contributed by atoms with van der Waals surface area (Å²) in [5.41, 5.74) is 5.19. The van der Waals surface area contributed by atoms with Crippen LogP contribution in [0.15, 0.2) is 39.3 Å². The van der Waals surface area contributed by atoms with Gasteiger partial charge in [0.1, 0.15) is 11.6 Å². The first-order chi connectivity index (χ1) is 11.8. The zero-order chi connectivity index (χ0) is 18.7. The average molecular weight is 340 g/mol. The fourth-order valence-electron chi connectivity index (χ4n) is 2.20. The van der Waals surface area contributed by atoms with Crippen LogP contribution < -0.4 is 16.3 Å². The lowest BCUT2D eigenvalue weighted by atomic mass is 10.1. The summed E-state index contributed by atoms with van der Waals surface area (Å²) in [4.78, 5) is 23.7. The van der Waals surface area contributed by atoms with Crippen LogP contribution in [0, 0.1) is 18.3 Å². The Morgan fingerprint density at radius 2 is 2.04 bits per heavy atom. The van der Waals surface area contributed by atoms with Gasteiger partial charge < -0.3 is 15.8 Å². The number of carbonyl (C=O) groups is 1. The Morgan fingerprint density at radius 3 is 2.60 bits per heavy atom. The number of benzene rings is 1. The maximum Gasteiger partial charge on any atom is 0.300 e. The van der Waals surface area contributed by atoms with Gasteiger partial charge in [-0.05, 0) is 25.1 Å². The number of hydrogen-bond donors (Lipinski definition) is 2. The molecule has 0 fully saturated rings. The Kier molecular flexibility index (Phi) is 4.84. The lowest BCUT2D eigenvalue weighted by Crippen LogP contribution is -2.36. The van der Waals surface area contributed by atoms with Crippen molar-refractivity contribution in [3.05, 3.63) is 51.3 Å². The lowest BCUT2D eigenvalue weighted by Gasteiger charge is -2.19. The predicted octanol–water partition coefficient (Wildman–Crippen LogP) is 1.45. The fraction of sp³-hybridized carbons (Fsp3) is 0.188. The van der Waals surface area contributed by atoms with Crippen LogP contribution in [-0.2, 0) is 0 Å². The number of nitrogens with two attached hydrogens (primary N) is 1. The topological polar surface area (TPSA) is 137 Å². The van der Waals surface area contributed by atoms with E-state index in [1.54, 1.807) is 12.1 Å². The second kappa shape index (κ2) is 6.84. The number of nitrogens with zero attached hydrogens (tertiary/aromatic N) is 5. The third kappa shape index (κ3) is 3.32. The minimum atomic E-state index is -0.631. The minimum absolute atomic E-state index is 0.0758. The first kappa shape index (κ1) is 17.7. The Balaban J connectivity index is 2.62. The number of pyridine rings is 1. The van der Waals surface area contributed by atoms with E-state index in [1.807, 2.05) is 6.07 Å². The SMILES string of the molecule is Cc1c(C#N)c(O)n(N(C)C)c(=O)c1N=Nc1cccc(C(N)=O)c1. The number of azo groups is 1. The van der Waals surface area contributed by atoms with Gasteiger partial charge in [0.15, 0.2) is 5.69 Å². The molecule has 1 heterocycles. The molecular weight excluding hydrogens is 324 g/mol. The molecule has 128 valence electrons. The molecule has 25 heavy (non-hydrogen) atoms. The van der Waals surface area contributed by atoms with Crippen molar-refractivity contribution in [2.75, 3.05) is 19.1 Å². The molecule has 2 aromatic rings. The Bertz CT molecular complexity index is 969. The van der Waals surface area contributed by atoms with Gasteiger partial charge in [-0.2, -0.15) is 15.1 Å². The first-order valence-corrected chi connectivity index (χ1v) is 7.15. The van der Waals surface area contributed by atoms with Crippen LogP contribution >= 0.6 is 0 Å². The highest BCUT2D eigenvalue weighted by molar-refractivity contribution is 5.93. The van der Waals surface area contributed by atoms with E-state index in [0.717, 1.165) is 4.68 Å². The number of amides is 1. The number of nitriles is 1. The van der Waals surface area contributed by atoms with Crippen molar-refractivity contribution in [1.82, 2.24) is 4.68 Å². The van der Waals surface area contributed by atoms with E-state index in [4.69, 9.17) is 5.73 Å². The number of rotatable bonds is 4. The molecular formula is C16H16N6O3. The molecule has 0 atom stereocenters. The zero-order valence-electron chi connectivity index (χ0n) is 13.9. The van der Waals surface area contributed by atoms with Crippen molar-refractivity contribution in [3.63, 3.8) is 0 Å². The molecule has 2 rings (SSSR count). The molecule has 9 heteroatoms. The molecule has 0 radical (unpaired) electrons. The van der Waals surface area contributed by atoms with E-state index in [9.17, 15) is 20.0 Å². The summed E-state index contributed by atoms with van der Waals surface area (Å²) in [6.45, 7) is 1.49. The maximum atomic E-state index is 12.5. The van der Waals surface area contributed by atoms with Gasteiger partial charge in [-0.3, -0.25) is 9.59 Å². The molecule has 0 unspecified atom stereocenters. The van der Waals surface area contributed by atoms with Gasteiger partial charge in [0.2, 0.25) is 11.8 Å². The van der Waals surface area contributed by atoms with E-state index in [2.05, 4.69) is 10.2 Å². The number of aromatic hydroxyl groups is 1. The van der Waals surface area contributed by atoms with Gasteiger partial charge in [0, 0.05) is 25.2 Å². The molecule has 0 aliphatic carbocycles. The normalized spacial score (nSPS) is 10.6. The van der Waals surface area contributed by atoms with Crippen LogP contribution in [0.1, 0.15) is 21.5 Å². The summed E-state index contributed by atoms with van der Waals surface area (Å²) in [6.07, 6.45) is 0. The monoisotopic (exact) mass is 340 g/mol. The number of carbonyl (C=O) groups excluding carboxylic acids is 1. The highest BCUT2D eigenvalue weighted by Crippen LogP contribution is 2.26. The first-order valence-electron chi connectivity index (χ1n) is 7.15. The minimum Gasteiger partial charge on any atom is -0.492 e. The van der Waals surface area contributed by atoms with Crippen molar-refractivity contribution in [2.24, 2.45) is 16.0 Å². The van der Waals surface area contributed by atoms with Crippen LogP contribution in [0.5, 0.6) is 5.88 Å². The van der Waals surface area contributed by atoms with Gasteiger partial charge >= 0.3 is 0 Å². The molecule has 9 nitrogen and oxygen atoms in total. The van der Waals surface area contributed by atoms with Crippen molar-refractivity contribution in [2.45, 2.75) is 6.92 Å². The fourth-order valence-corrected chi connectivity index (χ4v) is 2.20. The highest BCUT2D eigenvalue weighted by Gasteiger charge is 2.20. The van der Waals surface area contributed by atoms with Gasteiger partial charge in [-0.15, -0.1) is 5.11 Å². The quantitative estimate of drug-likeness (QED) is 0.811. The molecule has 0 saturated heterocycles. The summed E-state index contributed by atoms with van der Waals surface area (Å²) in [6, 6.07) is 7.97. The molecule has 1 aromatic heterocycles. The van der Waals surface area contributed by atoms with Crippen LogP contribution in [0.25, 0.3) is 0 Å². The Labute approximate surface area is 143 Å². The summed E-state index contributed by atoms with van der Waals surface area (Å²) < 4.78 is 0.916. The van der Waals surface area contributed by atoms with E-state index in [1.165, 1.54) is 38.2 Å². The standard InChI is InChI=1S/C16H16N6O3/c1-9-12(8-17)15(24)22(21(2)3)16(25)13(9)20-19-11-6-4-5-10(7-11)14(18)23/h4-7,24H,1-3H3,(H2,18,23). The third-order valence-corrected chi connectivity index (χ3v) is 3.46. The number of aromatic nitrogens is 1. The van der Waals surface area contributed by atoms with Crippen LogP contribution in [0.2, 0.25) is 0 Å². The molecule has 1 aromatic carbocycles. The predicted molar refractivity (Wildman–Crippen MR) is 91.0 cm³/mol. The van der Waals surface area contributed by atoms with E-state index in [-0.39, 0.29) is 22.4 Å². The number of hydrogen-bond acceptors (Lipinski definition) is 7. The molecule has 1 amide bonds. The van der Waals surface area contributed by atoms with Crippen molar-refractivity contribution >= 4 is 17.3 Å². The molecule has 0 aliphatic rings. The van der Waals surface area contributed by atoms with Crippen molar-refractivity contribution < 1.29 is 9.90 Å². The van der Waals surface area contributed by atoms with E-state index < -0.39 is 17.3 Å². The van der Waals surface area contributed by atoms with Crippen LogP contribution in [-0.4, -0.2) is 29.8 Å². The Morgan fingerprint density at radius 1 is 1.36 bits per heavy atom. The Hall–Kier alpha value is -3.67. The van der Waals surface area contributed by atoms with Crippen molar-refractivity contribution in [3.8, 4) is 11.9 Å². The number of primary amides is 1. The van der Waals surface area contributed by atoms with Crippen LogP contribution in [0.3, 0.4) is 0 Å². The highest BCUT2D eigenvalue weighted by atomic mass is 16.3.